The van der Waals surface area contributed by atoms with Gasteiger partial charge in [-0.2, -0.15) is 11.8 Å². The number of guanidine groups is 1. The number of hydrogen-bond acceptors (Lipinski definition) is 3. The first kappa shape index (κ1) is 15.4. The number of hydrogen-bond donors (Lipinski definition) is 1. The van der Waals surface area contributed by atoms with Gasteiger partial charge in [0.2, 0.25) is 0 Å². The van der Waals surface area contributed by atoms with Crippen LogP contribution in [0.4, 0.5) is 0 Å². The highest BCUT2D eigenvalue weighted by atomic mass is 127. The van der Waals surface area contributed by atoms with Crippen LogP contribution in [0.1, 0.15) is 19.8 Å². The zero-order chi connectivity index (χ0) is 11.4. The molecule has 0 amide bonds. The lowest BCUT2D eigenvalue weighted by Gasteiger charge is -2.28. The molecule has 0 aromatic carbocycles. The molecule has 0 aromatic heterocycles. The predicted octanol–water partition coefficient (Wildman–Crippen LogP) is 1.54. The number of aliphatic imine (C=N–C) groups is 1. The van der Waals surface area contributed by atoms with E-state index in [1.54, 1.807) is 0 Å². The highest BCUT2D eigenvalue weighted by Crippen LogP contribution is 2.37. The summed E-state index contributed by atoms with van der Waals surface area (Å²) in [6.07, 6.45) is 2.58. The molecule has 1 unspecified atom stereocenters. The maximum atomic E-state index is 6.00. The van der Waals surface area contributed by atoms with E-state index in [0.717, 1.165) is 32.8 Å². The van der Waals surface area contributed by atoms with Gasteiger partial charge in [0.1, 0.15) is 0 Å². The Bertz CT molecular complexity index is 263. The number of nitrogens with zero attached hydrogens (tertiary/aromatic N) is 2. The predicted molar refractivity (Wildman–Crippen MR) is 84.4 cm³/mol. The molecule has 0 aliphatic carbocycles. The fourth-order valence-electron chi connectivity index (χ4n) is 2.10. The van der Waals surface area contributed by atoms with Gasteiger partial charge in [-0.15, -0.1) is 24.0 Å². The first-order valence-corrected chi connectivity index (χ1v) is 6.95. The molecule has 2 heterocycles. The van der Waals surface area contributed by atoms with Crippen LogP contribution in [0, 0.1) is 0 Å². The van der Waals surface area contributed by atoms with Crippen LogP contribution in [-0.4, -0.2) is 54.2 Å². The summed E-state index contributed by atoms with van der Waals surface area (Å²) >= 11 is 2.03. The van der Waals surface area contributed by atoms with Crippen molar-refractivity contribution in [1.82, 2.24) is 4.90 Å². The fourth-order valence-corrected chi connectivity index (χ4v) is 3.33. The lowest BCUT2D eigenvalue weighted by atomic mass is 10.1. The van der Waals surface area contributed by atoms with Crippen molar-refractivity contribution >= 4 is 41.7 Å². The monoisotopic (exact) mass is 371 g/mol. The maximum absolute atomic E-state index is 6.00. The Labute approximate surface area is 125 Å². The van der Waals surface area contributed by atoms with Gasteiger partial charge in [-0.3, -0.25) is 4.99 Å². The van der Waals surface area contributed by atoms with Gasteiger partial charge in [-0.1, -0.05) is 0 Å². The standard InChI is InChI=1S/C11H21N3OS.HI/c1-11(3-2-8-16-11)9-13-10(12)14-4-6-15-7-5-14;/h2-9H2,1H3,(H2,12,13);1H. The number of morpholine rings is 1. The summed E-state index contributed by atoms with van der Waals surface area (Å²) in [4.78, 5) is 6.66. The first-order valence-electron chi connectivity index (χ1n) is 5.96. The average Bonchev–Trinajstić information content (AvgIpc) is 2.75. The lowest BCUT2D eigenvalue weighted by molar-refractivity contribution is 0.0674. The van der Waals surface area contributed by atoms with E-state index < -0.39 is 0 Å². The second-order valence-corrected chi connectivity index (χ2v) is 6.36. The minimum absolute atomic E-state index is 0. The Morgan fingerprint density at radius 1 is 1.47 bits per heavy atom. The molecule has 0 bridgehead atoms. The second kappa shape index (κ2) is 7.04. The third-order valence-corrected chi connectivity index (χ3v) is 4.73. The first-order chi connectivity index (χ1) is 7.70. The van der Waals surface area contributed by atoms with Crippen LogP contribution in [-0.2, 0) is 4.74 Å². The summed E-state index contributed by atoms with van der Waals surface area (Å²) in [5.41, 5.74) is 6.00. The van der Waals surface area contributed by atoms with Gasteiger partial charge in [0, 0.05) is 17.8 Å². The topological polar surface area (TPSA) is 50.8 Å². The van der Waals surface area contributed by atoms with E-state index in [9.17, 15) is 0 Å². The molecule has 2 aliphatic heterocycles. The second-order valence-electron chi connectivity index (χ2n) is 4.68. The van der Waals surface area contributed by atoms with Crippen LogP contribution in [0.5, 0.6) is 0 Å². The largest absolute Gasteiger partial charge is 0.378 e. The Balaban J connectivity index is 0.00000144. The van der Waals surface area contributed by atoms with Gasteiger partial charge in [-0.05, 0) is 25.5 Å². The molecule has 17 heavy (non-hydrogen) atoms. The summed E-state index contributed by atoms with van der Waals surface area (Å²) < 4.78 is 5.61. The van der Waals surface area contributed by atoms with Gasteiger partial charge in [0.15, 0.2) is 5.96 Å². The molecule has 0 saturated carbocycles. The lowest BCUT2D eigenvalue weighted by Crippen LogP contribution is -2.45. The van der Waals surface area contributed by atoms with Crippen LogP contribution < -0.4 is 5.73 Å². The van der Waals surface area contributed by atoms with Crippen LogP contribution in [0.25, 0.3) is 0 Å². The third-order valence-electron chi connectivity index (χ3n) is 3.21. The van der Waals surface area contributed by atoms with Crippen molar-refractivity contribution in [3.8, 4) is 0 Å². The molecular formula is C11H22IN3OS. The van der Waals surface area contributed by atoms with Crippen molar-refractivity contribution in [3.05, 3.63) is 0 Å². The van der Waals surface area contributed by atoms with E-state index >= 15 is 0 Å². The highest BCUT2D eigenvalue weighted by molar-refractivity contribution is 14.0. The Kier molecular flexibility index (Phi) is 6.36. The average molecular weight is 371 g/mol. The summed E-state index contributed by atoms with van der Waals surface area (Å²) in [5.74, 6) is 1.96. The van der Waals surface area contributed by atoms with Crippen molar-refractivity contribution in [2.45, 2.75) is 24.5 Å². The maximum Gasteiger partial charge on any atom is 0.191 e. The van der Waals surface area contributed by atoms with Crippen LogP contribution >= 0.6 is 35.7 Å². The summed E-state index contributed by atoms with van der Waals surface area (Å²) in [7, 11) is 0. The molecule has 2 fully saturated rings. The molecule has 100 valence electrons. The van der Waals surface area contributed by atoms with E-state index in [-0.39, 0.29) is 24.0 Å². The molecule has 1 atom stereocenters. The molecule has 2 rings (SSSR count). The summed E-state index contributed by atoms with van der Waals surface area (Å²) in [6.45, 7) is 6.42. The minimum Gasteiger partial charge on any atom is -0.378 e. The number of thioether (sulfide) groups is 1. The van der Waals surface area contributed by atoms with Gasteiger partial charge < -0.3 is 15.4 Å². The number of halogens is 1. The van der Waals surface area contributed by atoms with E-state index in [2.05, 4.69) is 16.8 Å². The Hall–Kier alpha value is 0.310. The number of nitrogens with two attached hydrogens (primary N) is 1. The highest BCUT2D eigenvalue weighted by Gasteiger charge is 2.29. The van der Waals surface area contributed by atoms with Crippen molar-refractivity contribution < 1.29 is 4.74 Å². The van der Waals surface area contributed by atoms with Crippen LogP contribution in [0.15, 0.2) is 4.99 Å². The molecule has 2 N–H and O–H groups in total. The third kappa shape index (κ3) is 4.48. The van der Waals surface area contributed by atoms with Gasteiger partial charge in [0.25, 0.3) is 0 Å². The van der Waals surface area contributed by atoms with E-state index in [1.165, 1.54) is 18.6 Å². The van der Waals surface area contributed by atoms with Crippen molar-refractivity contribution in [3.63, 3.8) is 0 Å². The van der Waals surface area contributed by atoms with E-state index in [4.69, 9.17) is 10.5 Å². The zero-order valence-electron chi connectivity index (χ0n) is 10.4. The minimum atomic E-state index is 0. The van der Waals surface area contributed by atoms with Gasteiger partial charge in [-0.25, -0.2) is 0 Å². The molecule has 2 aliphatic rings. The molecule has 0 radical (unpaired) electrons. The molecule has 0 aromatic rings. The van der Waals surface area contributed by atoms with Crippen LogP contribution in [0.2, 0.25) is 0 Å². The molecule has 2 saturated heterocycles. The van der Waals surface area contributed by atoms with Crippen LogP contribution in [0.3, 0.4) is 0 Å². The molecular weight excluding hydrogens is 349 g/mol. The van der Waals surface area contributed by atoms with Crippen molar-refractivity contribution in [1.29, 1.82) is 0 Å². The van der Waals surface area contributed by atoms with E-state index in [0.29, 0.717) is 10.7 Å². The van der Waals surface area contributed by atoms with Gasteiger partial charge >= 0.3 is 0 Å². The normalized spacial score (nSPS) is 30.2. The zero-order valence-corrected chi connectivity index (χ0v) is 13.5. The Morgan fingerprint density at radius 2 is 2.18 bits per heavy atom. The Morgan fingerprint density at radius 3 is 2.76 bits per heavy atom. The van der Waals surface area contributed by atoms with Crippen molar-refractivity contribution in [2.24, 2.45) is 10.7 Å². The molecule has 4 nitrogen and oxygen atoms in total. The molecule has 6 heteroatoms. The number of ether oxygens (including phenoxy) is 1. The molecule has 0 spiro atoms. The number of rotatable bonds is 2. The fraction of sp³-hybridized carbons (Fsp3) is 0.909. The summed E-state index contributed by atoms with van der Waals surface area (Å²) in [5, 5.41) is 0. The smallest absolute Gasteiger partial charge is 0.191 e. The van der Waals surface area contributed by atoms with E-state index in [1.807, 2.05) is 11.8 Å². The van der Waals surface area contributed by atoms with Gasteiger partial charge in [0.05, 0.1) is 19.8 Å². The quantitative estimate of drug-likeness (QED) is 0.455. The SMILES string of the molecule is CC1(CN=C(N)N2CCOCC2)CCCS1.I. The van der Waals surface area contributed by atoms with Crippen molar-refractivity contribution in [2.75, 3.05) is 38.6 Å². The summed E-state index contributed by atoms with van der Waals surface area (Å²) in [6, 6.07) is 0.